The molecule has 0 atom stereocenters. The molecule has 0 saturated heterocycles. The van der Waals surface area contributed by atoms with Gasteiger partial charge >= 0.3 is 0 Å². The first-order valence-corrected chi connectivity index (χ1v) is 3.89. The Morgan fingerprint density at radius 3 is 1.57 bits per heavy atom. The van der Waals surface area contributed by atoms with E-state index in [1.807, 2.05) is 0 Å². The van der Waals surface area contributed by atoms with Gasteiger partial charge < -0.3 is 21.9 Å². The summed E-state index contributed by atoms with van der Waals surface area (Å²) in [6.07, 6.45) is 2.23. The van der Waals surface area contributed by atoms with Crippen LogP contribution in [0.1, 0.15) is 0 Å². The fourth-order valence-corrected chi connectivity index (χ4v) is 1.24. The average Bonchev–Trinajstić information content (AvgIpc) is 2.15. The summed E-state index contributed by atoms with van der Waals surface area (Å²) in [7, 11) is 0. The molecule has 0 bridgehead atoms. The van der Waals surface area contributed by atoms with E-state index in [-0.39, 0.29) is 22.4 Å². The lowest BCUT2D eigenvalue weighted by Gasteiger charge is -2.04. The van der Waals surface area contributed by atoms with Gasteiger partial charge in [-0.05, 0) is 0 Å². The van der Waals surface area contributed by atoms with Crippen LogP contribution in [0.15, 0.2) is 24.5 Å². The zero-order valence-electron chi connectivity index (χ0n) is 7.18. The van der Waals surface area contributed by atoms with Gasteiger partial charge in [0.25, 0.3) is 11.0 Å². The molecule has 0 aliphatic rings. The van der Waals surface area contributed by atoms with Gasteiger partial charge in [0.05, 0.1) is 11.4 Å². The largest absolute Gasteiger partial charge is 0.618 e. The van der Waals surface area contributed by atoms with Crippen molar-refractivity contribution in [3.05, 3.63) is 34.9 Å². The topological polar surface area (TPSA) is 106 Å². The van der Waals surface area contributed by atoms with Crippen molar-refractivity contribution in [2.75, 3.05) is 11.5 Å². The van der Waals surface area contributed by atoms with Gasteiger partial charge in [-0.25, -0.2) is 0 Å². The number of nitrogens with zero attached hydrogens (tertiary/aromatic N) is 2. The summed E-state index contributed by atoms with van der Waals surface area (Å²) in [6.45, 7) is 0. The third-order valence-electron chi connectivity index (χ3n) is 1.99. The molecule has 6 nitrogen and oxygen atoms in total. The van der Waals surface area contributed by atoms with Gasteiger partial charge in [-0.2, -0.15) is 9.46 Å². The van der Waals surface area contributed by atoms with E-state index in [9.17, 15) is 10.4 Å². The van der Waals surface area contributed by atoms with Gasteiger partial charge in [0, 0.05) is 12.1 Å². The second-order valence-electron chi connectivity index (χ2n) is 2.92. The van der Waals surface area contributed by atoms with Crippen molar-refractivity contribution < 1.29 is 9.46 Å². The summed E-state index contributed by atoms with van der Waals surface area (Å²) in [5.41, 5.74) is 12.0. The third-order valence-corrected chi connectivity index (χ3v) is 1.99. The van der Waals surface area contributed by atoms with Gasteiger partial charge in [-0.3, -0.25) is 0 Å². The molecule has 0 fully saturated rings. The maximum Gasteiger partial charge on any atom is 0.292 e. The molecule has 0 spiro atoms. The standard InChI is InChI=1S/C8H8N4O2/c9-5-3-7-8(4-6(5)10)12(14)2-1-11(7)13/h1-4H,9-10H2. The SMILES string of the molecule is Nc1cc2c(cc1N)[n+]([O-])cc[n+]2[O-]. The Balaban J connectivity index is 2.94. The number of anilines is 2. The molecule has 0 aliphatic carbocycles. The van der Waals surface area contributed by atoms with Crippen molar-refractivity contribution in [3.63, 3.8) is 0 Å². The first kappa shape index (κ1) is 8.36. The zero-order chi connectivity index (χ0) is 10.3. The minimum atomic E-state index is 0.203. The van der Waals surface area contributed by atoms with Crippen molar-refractivity contribution in [1.82, 2.24) is 0 Å². The van der Waals surface area contributed by atoms with Gasteiger partial charge in [0.1, 0.15) is 0 Å². The van der Waals surface area contributed by atoms with Crippen LogP contribution >= 0.6 is 0 Å². The molecule has 0 saturated carbocycles. The van der Waals surface area contributed by atoms with Crippen molar-refractivity contribution in [3.8, 4) is 0 Å². The molecule has 1 aromatic carbocycles. The maximum absolute atomic E-state index is 11.3. The highest BCUT2D eigenvalue weighted by molar-refractivity contribution is 5.81. The second-order valence-corrected chi connectivity index (χ2v) is 2.92. The molecule has 0 amide bonds. The molecule has 0 unspecified atom stereocenters. The van der Waals surface area contributed by atoms with Crippen LogP contribution in [0.3, 0.4) is 0 Å². The quantitative estimate of drug-likeness (QED) is 0.326. The molecule has 14 heavy (non-hydrogen) atoms. The minimum absolute atomic E-state index is 0.203. The molecule has 72 valence electrons. The first-order chi connectivity index (χ1) is 6.59. The number of nitrogen functional groups attached to an aromatic ring is 2. The van der Waals surface area contributed by atoms with Crippen LogP contribution in [0.5, 0.6) is 0 Å². The summed E-state index contributed by atoms with van der Waals surface area (Å²) in [4.78, 5) is 0. The summed E-state index contributed by atoms with van der Waals surface area (Å²) < 4.78 is 1.14. The molecule has 6 heteroatoms. The molecule has 2 aromatic rings. The van der Waals surface area contributed by atoms with E-state index in [2.05, 4.69) is 0 Å². The molecular weight excluding hydrogens is 184 g/mol. The highest BCUT2D eigenvalue weighted by Gasteiger charge is 2.14. The number of benzene rings is 1. The van der Waals surface area contributed by atoms with Crippen LogP contribution in [0.2, 0.25) is 0 Å². The van der Waals surface area contributed by atoms with E-state index in [0.717, 1.165) is 12.4 Å². The number of fused-ring (bicyclic) bond motifs is 1. The Kier molecular flexibility index (Phi) is 1.57. The predicted molar refractivity (Wildman–Crippen MR) is 50.7 cm³/mol. The van der Waals surface area contributed by atoms with E-state index in [4.69, 9.17) is 11.5 Å². The lowest BCUT2D eigenvalue weighted by molar-refractivity contribution is -0.628. The molecular formula is C8H8N4O2. The van der Waals surface area contributed by atoms with Crippen LogP contribution in [0, 0.1) is 10.4 Å². The molecule has 0 aliphatic heterocycles. The maximum atomic E-state index is 11.3. The zero-order valence-corrected chi connectivity index (χ0v) is 7.18. The summed E-state index contributed by atoms with van der Waals surface area (Å²) in [5.74, 6) is 0. The van der Waals surface area contributed by atoms with E-state index >= 15 is 0 Å². The normalized spacial score (nSPS) is 10.6. The molecule has 4 N–H and O–H groups in total. The van der Waals surface area contributed by atoms with Crippen molar-refractivity contribution in [1.29, 1.82) is 0 Å². The Labute approximate surface area is 79.1 Å². The smallest absolute Gasteiger partial charge is 0.292 e. The fourth-order valence-electron chi connectivity index (χ4n) is 1.24. The number of aromatic nitrogens is 2. The Bertz CT molecular complexity index is 466. The molecule has 1 heterocycles. The monoisotopic (exact) mass is 192 g/mol. The Hall–Kier alpha value is -2.24. The minimum Gasteiger partial charge on any atom is -0.618 e. The summed E-state index contributed by atoms with van der Waals surface area (Å²) in [6, 6.07) is 2.76. The van der Waals surface area contributed by atoms with Crippen molar-refractivity contribution >= 4 is 22.4 Å². The third kappa shape index (κ3) is 1.05. The number of nitrogens with two attached hydrogens (primary N) is 2. The van der Waals surface area contributed by atoms with E-state index in [1.54, 1.807) is 0 Å². The van der Waals surface area contributed by atoms with Gasteiger partial charge in [-0.1, -0.05) is 0 Å². The number of rotatable bonds is 0. The average molecular weight is 192 g/mol. The first-order valence-electron chi connectivity index (χ1n) is 3.89. The summed E-state index contributed by atoms with van der Waals surface area (Å²) in [5, 5.41) is 22.5. The fraction of sp³-hybridized carbons (Fsp3) is 0. The van der Waals surface area contributed by atoms with Gasteiger partial charge in [0.15, 0.2) is 0 Å². The van der Waals surface area contributed by atoms with Crippen LogP contribution in [0.25, 0.3) is 11.0 Å². The molecule has 0 radical (unpaired) electrons. The van der Waals surface area contributed by atoms with Gasteiger partial charge in [-0.15, -0.1) is 0 Å². The Morgan fingerprint density at radius 1 is 0.857 bits per heavy atom. The highest BCUT2D eigenvalue weighted by Crippen LogP contribution is 2.18. The van der Waals surface area contributed by atoms with Crippen LogP contribution < -0.4 is 20.9 Å². The Morgan fingerprint density at radius 2 is 1.21 bits per heavy atom. The molecule has 2 rings (SSSR count). The van der Waals surface area contributed by atoms with Crippen molar-refractivity contribution in [2.24, 2.45) is 0 Å². The van der Waals surface area contributed by atoms with E-state index in [0.29, 0.717) is 9.46 Å². The lowest BCUT2D eigenvalue weighted by atomic mass is 10.2. The lowest BCUT2D eigenvalue weighted by Crippen LogP contribution is -2.37. The van der Waals surface area contributed by atoms with Crippen LogP contribution in [-0.2, 0) is 0 Å². The number of hydrogen-bond acceptors (Lipinski definition) is 4. The highest BCUT2D eigenvalue weighted by atomic mass is 16.5. The number of hydrogen-bond donors (Lipinski definition) is 2. The van der Waals surface area contributed by atoms with Crippen molar-refractivity contribution in [2.45, 2.75) is 0 Å². The molecule has 1 aromatic heterocycles. The predicted octanol–water partition coefficient (Wildman–Crippen LogP) is -0.729. The summed E-state index contributed by atoms with van der Waals surface area (Å²) >= 11 is 0. The van der Waals surface area contributed by atoms with E-state index in [1.165, 1.54) is 12.1 Å². The van der Waals surface area contributed by atoms with Crippen LogP contribution in [0.4, 0.5) is 11.4 Å². The van der Waals surface area contributed by atoms with Gasteiger partial charge in [0.2, 0.25) is 12.4 Å². The second kappa shape index (κ2) is 2.63. The van der Waals surface area contributed by atoms with Crippen LogP contribution in [-0.4, -0.2) is 0 Å². The van der Waals surface area contributed by atoms with E-state index < -0.39 is 0 Å².